The summed E-state index contributed by atoms with van der Waals surface area (Å²) < 4.78 is 6.85. The Morgan fingerprint density at radius 2 is 1.67 bits per heavy atom. The van der Waals surface area contributed by atoms with Crippen LogP contribution >= 0.6 is 0 Å². The monoisotopic (exact) mass is 404 g/mol. The lowest BCUT2D eigenvalue weighted by Gasteiger charge is -2.34. The van der Waals surface area contributed by atoms with Crippen LogP contribution in [-0.4, -0.2) is 64.1 Å². The first kappa shape index (κ1) is 19.6. The molecule has 1 fully saturated rings. The molecule has 0 atom stereocenters. The largest absolute Gasteiger partial charge is 0.497 e. The minimum Gasteiger partial charge on any atom is -0.497 e. The second kappa shape index (κ2) is 8.77. The normalized spacial score (nSPS) is 14.3. The van der Waals surface area contributed by atoms with Crippen LogP contribution in [0.3, 0.4) is 0 Å². The Morgan fingerprint density at radius 1 is 0.967 bits per heavy atom. The van der Waals surface area contributed by atoms with E-state index in [1.165, 1.54) is 0 Å². The van der Waals surface area contributed by atoms with Crippen LogP contribution < -0.4 is 9.64 Å². The molecule has 0 bridgehead atoms. The number of hydrogen-bond donors (Lipinski definition) is 0. The van der Waals surface area contributed by atoms with E-state index in [0.29, 0.717) is 18.9 Å². The fraction of sp³-hybridized carbons (Fsp3) is 0.273. The first-order chi connectivity index (χ1) is 14.6. The Bertz CT molecular complexity index is 1020. The van der Waals surface area contributed by atoms with Gasteiger partial charge >= 0.3 is 0 Å². The number of hydrogen-bond acceptors (Lipinski definition) is 6. The first-order valence-corrected chi connectivity index (χ1v) is 9.85. The second-order valence-corrected chi connectivity index (χ2v) is 7.07. The third-order valence-corrected chi connectivity index (χ3v) is 5.04. The minimum atomic E-state index is 0.0148. The first-order valence-electron chi connectivity index (χ1n) is 9.85. The van der Waals surface area contributed by atoms with Gasteiger partial charge in [0.05, 0.1) is 12.8 Å². The number of piperazine rings is 1. The van der Waals surface area contributed by atoms with Gasteiger partial charge in [-0.15, -0.1) is 10.2 Å². The molecule has 0 saturated carbocycles. The Hall–Kier alpha value is -3.68. The smallest absolute Gasteiger partial charge is 0.246 e. The van der Waals surface area contributed by atoms with Crippen molar-refractivity contribution in [2.24, 2.45) is 0 Å². The highest BCUT2D eigenvalue weighted by atomic mass is 16.5. The third kappa shape index (κ3) is 4.48. The number of carbonyl (C=O) groups is 1. The molecule has 0 spiro atoms. The molecule has 0 N–H and O–H groups in total. The summed E-state index contributed by atoms with van der Waals surface area (Å²) in [6.45, 7) is 4.67. The Labute approximate surface area is 175 Å². The van der Waals surface area contributed by atoms with Crippen LogP contribution in [0.1, 0.15) is 11.3 Å². The van der Waals surface area contributed by atoms with E-state index in [4.69, 9.17) is 4.74 Å². The Kier molecular flexibility index (Phi) is 5.74. The molecule has 1 aromatic carbocycles. The van der Waals surface area contributed by atoms with Crippen molar-refractivity contribution >= 4 is 17.8 Å². The van der Waals surface area contributed by atoms with Gasteiger partial charge in [0.25, 0.3) is 0 Å². The van der Waals surface area contributed by atoms with Crippen molar-refractivity contribution in [2.75, 3.05) is 38.2 Å². The van der Waals surface area contributed by atoms with Crippen molar-refractivity contribution in [3.05, 3.63) is 66.0 Å². The highest BCUT2D eigenvalue weighted by molar-refractivity contribution is 5.92. The molecule has 1 saturated heterocycles. The Balaban J connectivity index is 1.31. The van der Waals surface area contributed by atoms with Gasteiger partial charge in [-0.2, -0.15) is 5.10 Å². The third-order valence-electron chi connectivity index (χ3n) is 5.04. The molecule has 8 heteroatoms. The van der Waals surface area contributed by atoms with Crippen molar-refractivity contribution in [3.63, 3.8) is 0 Å². The summed E-state index contributed by atoms with van der Waals surface area (Å²) in [5.74, 6) is 2.30. The van der Waals surface area contributed by atoms with Gasteiger partial charge < -0.3 is 14.5 Å². The number of anilines is 1. The molecular weight excluding hydrogens is 380 g/mol. The van der Waals surface area contributed by atoms with Gasteiger partial charge in [-0.25, -0.2) is 4.68 Å². The number of ether oxygens (including phenoxy) is 1. The van der Waals surface area contributed by atoms with Gasteiger partial charge in [-0.3, -0.25) is 4.79 Å². The average Bonchev–Trinajstić information content (AvgIpc) is 3.24. The van der Waals surface area contributed by atoms with Gasteiger partial charge in [0, 0.05) is 38.5 Å². The summed E-state index contributed by atoms with van der Waals surface area (Å²) >= 11 is 0. The minimum absolute atomic E-state index is 0.0148. The average molecular weight is 404 g/mol. The summed E-state index contributed by atoms with van der Waals surface area (Å²) in [5, 5.41) is 13.0. The fourth-order valence-corrected chi connectivity index (χ4v) is 3.30. The molecule has 1 aliphatic heterocycles. The Morgan fingerprint density at radius 3 is 2.27 bits per heavy atom. The molecule has 154 valence electrons. The predicted molar refractivity (Wildman–Crippen MR) is 115 cm³/mol. The molecule has 8 nitrogen and oxygen atoms in total. The maximum absolute atomic E-state index is 12.5. The molecule has 4 rings (SSSR count). The number of aromatic nitrogens is 4. The zero-order valence-electron chi connectivity index (χ0n) is 17.1. The van der Waals surface area contributed by atoms with Gasteiger partial charge in [0.2, 0.25) is 5.91 Å². The van der Waals surface area contributed by atoms with E-state index in [-0.39, 0.29) is 5.91 Å². The lowest BCUT2D eigenvalue weighted by molar-refractivity contribution is -0.126. The van der Waals surface area contributed by atoms with Crippen LogP contribution in [-0.2, 0) is 4.79 Å². The van der Waals surface area contributed by atoms with Gasteiger partial charge in [0.1, 0.15) is 5.75 Å². The van der Waals surface area contributed by atoms with Crippen molar-refractivity contribution in [1.29, 1.82) is 0 Å². The number of benzene rings is 1. The maximum atomic E-state index is 12.5. The van der Waals surface area contributed by atoms with Crippen LogP contribution in [0.5, 0.6) is 5.75 Å². The number of nitrogens with zero attached hydrogens (tertiary/aromatic N) is 6. The van der Waals surface area contributed by atoms with Crippen LogP contribution in [0.4, 0.5) is 5.82 Å². The molecule has 0 unspecified atom stereocenters. The molecule has 3 heterocycles. The van der Waals surface area contributed by atoms with Crippen LogP contribution in [0.15, 0.2) is 54.7 Å². The molecule has 3 aromatic rings. The highest BCUT2D eigenvalue weighted by Gasteiger charge is 2.21. The maximum Gasteiger partial charge on any atom is 0.246 e. The van der Waals surface area contributed by atoms with Crippen molar-refractivity contribution in [2.45, 2.75) is 6.92 Å². The van der Waals surface area contributed by atoms with Crippen LogP contribution in [0.2, 0.25) is 0 Å². The quantitative estimate of drug-likeness (QED) is 0.608. The zero-order valence-corrected chi connectivity index (χ0v) is 17.1. The molecule has 30 heavy (non-hydrogen) atoms. The topological polar surface area (TPSA) is 76.4 Å². The lowest BCUT2D eigenvalue weighted by atomic mass is 10.2. The lowest BCUT2D eigenvalue weighted by Crippen LogP contribution is -2.48. The molecule has 2 aromatic heterocycles. The fourth-order valence-electron chi connectivity index (χ4n) is 3.30. The predicted octanol–water partition coefficient (Wildman–Crippen LogP) is 2.34. The molecule has 1 amide bonds. The van der Waals surface area contributed by atoms with E-state index >= 15 is 0 Å². The van der Waals surface area contributed by atoms with E-state index in [0.717, 1.165) is 35.9 Å². The van der Waals surface area contributed by atoms with Gasteiger partial charge in [-0.05, 0) is 48.9 Å². The molecule has 0 radical (unpaired) electrons. The summed E-state index contributed by atoms with van der Waals surface area (Å²) in [6.07, 6.45) is 5.32. The summed E-state index contributed by atoms with van der Waals surface area (Å²) in [5.41, 5.74) is 1.90. The van der Waals surface area contributed by atoms with Gasteiger partial charge in [0.15, 0.2) is 11.6 Å². The van der Waals surface area contributed by atoms with Crippen LogP contribution in [0, 0.1) is 6.92 Å². The van der Waals surface area contributed by atoms with Crippen molar-refractivity contribution < 1.29 is 9.53 Å². The number of aryl methyl sites for hydroxylation is 1. The van der Waals surface area contributed by atoms with Crippen molar-refractivity contribution in [1.82, 2.24) is 24.9 Å². The van der Waals surface area contributed by atoms with Crippen LogP contribution in [0.25, 0.3) is 11.9 Å². The summed E-state index contributed by atoms with van der Waals surface area (Å²) in [7, 11) is 1.63. The van der Waals surface area contributed by atoms with E-state index < -0.39 is 0 Å². The molecule has 0 aliphatic carbocycles. The molecule has 1 aliphatic rings. The zero-order chi connectivity index (χ0) is 20.9. The van der Waals surface area contributed by atoms with E-state index in [9.17, 15) is 4.79 Å². The molecular formula is C22H24N6O2. The van der Waals surface area contributed by atoms with E-state index in [1.54, 1.807) is 17.9 Å². The standard InChI is InChI=1S/C22H24N6O2/c1-17-11-12-28(25-17)21-9-8-20(23-24-21)26-13-15-27(16-14-26)22(29)10-5-18-3-6-19(30-2)7-4-18/h3-12H,13-16H2,1-2H3/b10-5+. The number of carbonyl (C=O) groups excluding carboxylic acids is 1. The SMILES string of the molecule is COc1ccc(/C=C/C(=O)N2CCN(c3ccc(-n4ccc(C)n4)nn3)CC2)cc1. The summed E-state index contributed by atoms with van der Waals surface area (Å²) in [4.78, 5) is 16.5. The van der Waals surface area contributed by atoms with Crippen molar-refractivity contribution in [3.8, 4) is 11.6 Å². The number of amides is 1. The number of methoxy groups -OCH3 is 1. The second-order valence-electron chi connectivity index (χ2n) is 7.07. The van der Waals surface area contributed by atoms with E-state index in [2.05, 4.69) is 20.2 Å². The summed E-state index contributed by atoms with van der Waals surface area (Å²) in [6, 6.07) is 13.4. The van der Waals surface area contributed by atoms with Gasteiger partial charge in [-0.1, -0.05) is 12.1 Å². The van der Waals surface area contributed by atoms with E-state index in [1.807, 2.05) is 66.6 Å². The highest BCUT2D eigenvalue weighted by Crippen LogP contribution is 2.15. The number of rotatable bonds is 5.